The number of hydrogen-bond donors (Lipinski definition) is 1. The van der Waals surface area contributed by atoms with Gasteiger partial charge in [-0.1, -0.05) is 11.6 Å². The topological polar surface area (TPSA) is 46.5 Å². The number of rotatable bonds is 4. The van der Waals surface area contributed by atoms with Crippen LogP contribution in [0.15, 0.2) is 12.1 Å². The second kappa shape index (κ2) is 4.92. The summed E-state index contributed by atoms with van der Waals surface area (Å²) in [5.74, 6) is -1.32. The summed E-state index contributed by atoms with van der Waals surface area (Å²) in [6.45, 7) is 3.05. The fourth-order valence-electron chi connectivity index (χ4n) is 1.48. The highest BCUT2D eigenvalue weighted by Gasteiger charge is 2.30. The van der Waals surface area contributed by atoms with Gasteiger partial charge >= 0.3 is 5.97 Å². The normalized spacial score (nSPS) is 11.4. The van der Waals surface area contributed by atoms with Crippen LogP contribution >= 0.6 is 11.6 Å². The Balaban J connectivity index is 3.22. The number of halogens is 2. The van der Waals surface area contributed by atoms with E-state index < -0.39 is 17.2 Å². The highest BCUT2D eigenvalue weighted by molar-refractivity contribution is 6.32. The van der Waals surface area contributed by atoms with E-state index in [2.05, 4.69) is 0 Å². The van der Waals surface area contributed by atoms with Crippen LogP contribution in [0.4, 0.5) is 4.39 Å². The Hall–Kier alpha value is -1.29. The second-order valence-electron chi connectivity index (χ2n) is 4.41. The maximum atomic E-state index is 13.7. The predicted octanol–water partition coefficient (Wildman–Crippen LogP) is 3.14. The molecule has 0 saturated heterocycles. The first-order valence-electron chi connectivity index (χ1n) is 5.04. The van der Waals surface area contributed by atoms with Crippen LogP contribution < -0.4 is 4.74 Å². The molecule has 3 nitrogen and oxygen atoms in total. The Morgan fingerprint density at radius 2 is 2.12 bits per heavy atom. The number of hydrogen-bond acceptors (Lipinski definition) is 2. The second-order valence-corrected chi connectivity index (χ2v) is 4.81. The number of carboxylic acids is 1. The SMILES string of the molecule is COc1c(Cl)ccc(F)c1CC(C)(C)C(=O)O. The molecule has 1 N–H and O–H groups in total. The van der Waals surface area contributed by atoms with Crippen LogP contribution in [0.5, 0.6) is 5.75 Å². The molecule has 94 valence electrons. The lowest BCUT2D eigenvalue weighted by molar-refractivity contribution is -0.146. The van der Waals surface area contributed by atoms with Crippen molar-refractivity contribution in [1.82, 2.24) is 0 Å². The molecule has 0 atom stereocenters. The first-order chi connectivity index (χ1) is 7.79. The minimum absolute atomic E-state index is 0.0118. The van der Waals surface area contributed by atoms with E-state index in [-0.39, 0.29) is 22.8 Å². The van der Waals surface area contributed by atoms with Crippen LogP contribution in [0.2, 0.25) is 5.02 Å². The van der Waals surface area contributed by atoms with E-state index in [9.17, 15) is 9.18 Å². The van der Waals surface area contributed by atoms with Gasteiger partial charge in [-0.25, -0.2) is 4.39 Å². The Labute approximate surface area is 104 Å². The minimum atomic E-state index is -1.08. The summed E-state index contributed by atoms with van der Waals surface area (Å²) in [4.78, 5) is 11.0. The number of benzene rings is 1. The molecule has 0 aliphatic carbocycles. The molecule has 0 aromatic heterocycles. The van der Waals surface area contributed by atoms with Crippen molar-refractivity contribution in [2.24, 2.45) is 5.41 Å². The molecule has 0 radical (unpaired) electrons. The lowest BCUT2D eigenvalue weighted by atomic mass is 9.85. The van der Waals surface area contributed by atoms with Crippen LogP contribution in [0.3, 0.4) is 0 Å². The molecular weight excluding hydrogens is 247 g/mol. The molecule has 0 saturated carbocycles. The van der Waals surface area contributed by atoms with Gasteiger partial charge in [0, 0.05) is 5.56 Å². The van der Waals surface area contributed by atoms with Gasteiger partial charge in [-0.3, -0.25) is 4.79 Å². The molecule has 0 amide bonds. The molecular formula is C12H14ClFO3. The molecule has 0 bridgehead atoms. The average molecular weight is 261 g/mol. The summed E-state index contributed by atoms with van der Waals surface area (Å²) < 4.78 is 18.7. The minimum Gasteiger partial charge on any atom is -0.495 e. The summed E-state index contributed by atoms with van der Waals surface area (Å²) in [5, 5.41) is 9.30. The Morgan fingerprint density at radius 3 is 2.59 bits per heavy atom. The lowest BCUT2D eigenvalue weighted by Gasteiger charge is -2.21. The zero-order valence-electron chi connectivity index (χ0n) is 9.88. The van der Waals surface area contributed by atoms with Gasteiger partial charge in [0.25, 0.3) is 0 Å². The van der Waals surface area contributed by atoms with Gasteiger partial charge < -0.3 is 9.84 Å². The van der Waals surface area contributed by atoms with Gasteiger partial charge in [0.2, 0.25) is 0 Å². The highest BCUT2D eigenvalue weighted by Crippen LogP contribution is 2.35. The molecule has 0 spiro atoms. The van der Waals surface area contributed by atoms with E-state index in [1.165, 1.54) is 33.1 Å². The number of aliphatic carboxylic acids is 1. The zero-order valence-corrected chi connectivity index (χ0v) is 10.6. The van der Waals surface area contributed by atoms with Gasteiger partial charge in [0.05, 0.1) is 17.5 Å². The van der Waals surface area contributed by atoms with Gasteiger partial charge in [-0.15, -0.1) is 0 Å². The van der Waals surface area contributed by atoms with E-state index in [1.807, 2.05) is 0 Å². The molecule has 5 heteroatoms. The lowest BCUT2D eigenvalue weighted by Crippen LogP contribution is -2.27. The molecule has 1 aromatic rings. The predicted molar refractivity (Wildman–Crippen MR) is 63.1 cm³/mol. The largest absolute Gasteiger partial charge is 0.495 e. The molecule has 0 aliphatic rings. The van der Waals surface area contributed by atoms with Gasteiger partial charge in [-0.05, 0) is 32.4 Å². The summed E-state index contributed by atoms with van der Waals surface area (Å²) >= 11 is 5.87. The van der Waals surface area contributed by atoms with Crippen molar-refractivity contribution in [2.75, 3.05) is 7.11 Å². The summed E-state index contributed by atoms with van der Waals surface area (Å²) in [5.41, 5.74) is -0.897. The maximum Gasteiger partial charge on any atom is 0.309 e. The van der Waals surface area contributed by atoms with E-state index >= 15 is 0 Å². The first kappa shape index (κ1) is 13.8. The fraction of sp³-hybridized carbons (Fsp3) is 0.417. The third-order valence-corrected chi connectivity index (χ3v) is 2.85. The van der Waals surface area contributed by atoms with E-state index in [4.69, 9.17) is 21.4 Å². The van der Waals surface area contributed by atoms with Gasteiger partial charge in [0.1, 0.15) is 11.6 Å². The van der Waals surface area contributed by atoms with Crippen LogP contribution in [0.25, 0.3) is 0 Å². The molecule has 0 fully saturated rings. The van der Waals surface area contributed by atoms with E-state index in [1.54, 1.807) is 0 Å². The van der Waals surface area contributed by atoms with Crippen molar-refractivity contribution in [1.29, 1.82) is 0 Å². The molecule has 17 heavy (non-hydrogen) atoms. The van der Waals surface area contributed by atoms with E-state index in [0.717, 1.165) is 0 Å². The Bertz CT molecular complexity index is 444. The van der Waals surface area contributed by atoms with Gasteiger partial charge in [0.15, 0.2) is 0 Å². The molecule has 0 unspecified atom stereocenters. The molecule has 1 aromatic carbocycles. The van der Waals surface area contributed by atoms with Crippen molar-refractivity contribution < 1.29 is 19.0 Å². The van der Waals surface area contributed by atoms with Crippen LogP contribution in [0, 0.1) is 11.2 Å². The molecule has 1 rings (SSSR count). The van der Waals surface area contributed by atoms with Crippen molar-refractivity contribution in [3.05, 3.63) is 28.5 Å². The summed E-state index contributed by atoms with van der Waals surface area (Å²) in [7, 11) is 1.37. The Kier molecular flexibility index (Phi) is 3.98. The van der Waals surface area contributed by atoms with Crippen LogP contribution in [0.1, 0.15) is 19.4 Å². The average Bonchev–Trinajstić information content (AvgIpc) is 2.23. The van der Waals surface area contributed by atoms with Crippen molar-refractivity contribution in [3.63, 3.8) is 0 Å². The van der Waals surface area contributed by atoms with Crippen LogP contribution in [-0.2, 0) is 11.2 Å². The van der Waals surface area contributed by atoms with Crippen molar-refractivity contribution >= 4 is 17.6 Å². The quantitative estimate of drug-likeness (QED) is 0.905. The monoisotopic (exact) mass is 260 g/mol. The zero-order chi connectivity index (χ0) is 13.2. The number of methoxy groups -OCH3 is 1. The Morgan fingerprint density at radius 1 is 1.53 bits per heavy atom. The number of carbonyl (C=O) groups is 1. The number of carboxylic acid groups (broad SMARTS) is 1. The smallest absolute Gasteiger partial charge is 0.309 e. The van der Waals surface area contributed by atoms with Crippen molar-refractivity contribution in [2.45, 2.75) is 20.3 Å². The fourth-order valence-corrected chi connectivity index (χ4v) is 1.73. The van der Waals surface area contributed by atoms with E-state index in [0.29, 0.717) is 0 Å². The number of ether oxygens (including phenoxy) is 1. The van der Waals surface area contributed by atoms with Gasteiger partial charge in [-0.2, -0.15) is 0 Å². The first-order valence-corrected chi connectivity index (χ1v) is 5.41. The standard InChI is InChI=1S/C12H14ClFO3/c1-12(2,11(15)16)6-7-9(14)5-4-8(13)10(7)17-3/h4-5H,6H2,1-3H3,(H,15,16). The molecule has 0 aliphatic heterocycles. The molecule has 0 heterocycles. The third kappa shape index (κ3) is 2.88. The third-order valence-electron chi connectivity index (χ3n) is 2.56. The van der Waals surface area contributed by atoms with Crippen molar-refractivity contribution in [3.8, 4) is 5.75 Å². The highest BCUT2D eigenvalue weighted by atomic mass is 35.5. The maximum absolute atomic E-state index is 13.7. The van der Waals surface area contributed by atoms with Crippen LogP contribution in [-0.4, -0.2) is 18.2 Å². The summed E-state index contributed by atoms with van der Waals surface area (Å²) in [6.07, 6.45) is 0.0118. The summed E-state index contributed by atoms with van der Waals surface area (Å²) in [6, 6.07) is 2.59.